The number of aryl methyl sites for hydroxylation is 2. The summed E-state index contributed by atoms with van der Waals surface area (Å²) in [6.45, 7) is 1.60. The van der Waals surface area contributed by atoms with Crippen molar-refractivity contribution in [3.8, 4) is 5.75 Å². The Morgan fingerprint density at radius 1 is 1.33 bits per heavy atom. The van der Waals surface area contributed by atoms with Crippen molar-refractivity contribution in [1.29, 1.82) is 0 Å². The van der Waals surface area contributed by atoms with Gasteiger partial charge in [-0.3, -0.25) is 0 Å². The molecule has 1 aliphatic rings. The molecule has 4 rings (SSSR count). The third-order valence-corrected chi connectivity index (χ3v) is 4.52. The fourth-order valence-corrected chi connectivity index (χ4v) is 3.16. The van der Waals surface area contributed by atoms with Gasteiger partial charge in [-0.15, -0.1) is 0 Å². The van der Waals surface area contributed by atoms with Crippen LogP contribution in [-0.2, 0) is 24.3 Å². The van der Waals surface area contributed by atoms with Gasteiger partial charge in [-0.1, -0.05) is 6.07 Å². The molecule has 1 unspecified atom stereocenters. The molecule has 2 aromatic heterocycles. The van der Waals surface area contributed by atoms with E-state index in [-0.39, 0.29) is 18.5 Å². The molecule has 0 radical (unpaired) electrons. The Labute approximate surface area is 156 Å². The Balaban J connectivity index is 1.49. The molecule has 8 heteroatoms. The maximum Gasteiger partial charge on any atom is 0.188 e. The SMILES string of the molecule is Fc1cccc(OCc2nc(C3CCCCO3)n(CCc3cnc[nH]3)n2)c1. The lowest BCUT2D eigenvalue weighted by molar-refractivity contribution is 0.00665. The van der Waals surface area contributed by atoms with Crippen molar-refractivity contribution < 1.29 is 13.9 Å². The summed E-state index contributed by atoms with van der Waals surface area (Å²) in [5.41, 5.74) is 1.04. The number of rotatable bonds is 7. The van der Waals surface area contributed by atoms with Crippen LogP contribution in [0.5, 0.6) is 5.75 Å². The average Bonchev–Trinajstić information content (AvgIpc) is 3.35. The molecule has 27 heavy (non-hydrogen) atoms. The van der Waals surface area contributed by atoms with E-state index in [9.17, 15) is 4.39 Å². The molecule has 0 saturated carbocycles. The van der Waals surface area contributed by atoms with Gasteiger partial charge in [0.15, 0.2) is 11.6 Å². The fraction of sp³-hybridized carbons (Fsp3) is 0.421. The second-order valence-electron chi connectivity index (χ2n) is 6.54. The van der Waals surface area contributed by atoms with Gasteiger partial charge in [-0.25, -0.2) is 19.0 Å². The Morgan fingerprint density at radius 2 is 2.30 bits per heavy atom. The summed E-state index contributed by atoms with van der Waals surface area (Å²) in [5.74, 6) is 1.52. The maximum atomic E-state index is 13.3. The second kappa shape index (κ2) is 8.30. The van der Waals surface area contributed by atoms with E-state index in [4.69, 9.17) is 9.47 Å². The minimum absolute atomic E-state index is 0.0454. The number of aromatic amines is 1. The van der Waals surface area contributed by atoms with E-state index in [1.807, 2.05) is 10.9 Å². The molecule has 1 N–H and O–H groups in total. The van der Waals surface area contributed by atoms with E-state index in [0.29, 0.717) is 18.1 Å². The molecule has 1 fully saturated rings. The summed E-state index contributed by atoms with van der Waals surface area (Å²) in [6.07, 6.45) is 7.33. The first-order valence-electron chi connectivity index (χ1n) is 9.19. The number of hydrogen-bond donors (Lipinski definition) is 1. The van der Waals surface area contributed by atoms with Gasteiger partial charge in [0.05, 0.1) is 6.33 Å². The Bertz CT molecular complexity index is 859. The first-order valence-corrected chi connectivity index (χ1v) is 9.19. The number of nitrogens with zero attached hydrogens (tertiary/aromatic N) is 4. The third-order valence-electron chi connectivity index (χ3n) is 4.52. The minimum Gasteiger partial charge on any atom is -0.485 e. The van der Waals surface area contributed by atoms with Gasteiger partial charge in [0.1, 0.15) is 24.3 Å². The molecular formula is C19H22FN5O2. The fourth-order valence-electron chi connectivity index (χ4n) is 3.16. The molecule has 0 aliphatic carbocycles. The number of nitrogens with one attached hydrogen (secondary N) is 1. The Kier molecular flexibility index (Phi) is 5.43. The van der Waals surface area contributed by atoms with Crippen molar-refractivity contribution in [1.82, 2.24) is 24.7 Å². The zero-order valence-electron chi connectivity index (χ0n) is 15.0. The Hall–Kier alpha value is -2.74. The van der Waals surface area contributed by atoms with E-state index in [0.717, 1.165) is 43.8 Å². The largest absolute Gasteiger partial charge is 0.485 e. The molecule has 7 nitrogen and oxygen atoms in total. The molecule has 0 spiro atoms. The first-order chi connectivity index (χ1) is 13.3. The number of H-pyrrole nitrogens is 1. The lowest BCUT2D eigenvalue weighted by atomic mass is 10.1. The molecule has 3 heterocycles. The second-order valence-corrected chi connectivity index (χ2v) is 6.54. The van der Waals surface area contributed by atoms with Crippen LogP contribution in [0, 0.1) is 5.82 Å². The van der Waals surface area contributed by atoms with Crippen molar-refractivity contribution in [2.24, 2.45) is 0 Å². The molecular weight excluding hydrogens is 349 g/mol. The lowest BCUT2D eigenvalue weighted by Gasteiger charge is -2.22. The van der Waals surface area contributed by atoms with Crippen molar-refractivity contribution in [2.75, 3.05) is 6.61 Å². The van der Waals surface area contributed by atoms with E-state index in [1.165, 1.54) is 12.1 Å². The van der Waals surface area contributed by atoms with Crippen LogP contribution >= 0.6 is 0 Å². The Morgan fingerprint density at radius 3 is 3.07 bits per heavy atom. The molecule has 0 bridgehead atoms. The van der Waals surface area contributed by atoms with Gasteiger partial charge >= 0.3 is 0 Å². The van der Waals surface area contributed by atoms with Crippen LogP contribution in [0.1, 0.15) is 42.7 Å². The van der Waals surface area contributed by atoms with Gasteiger partial charge in [-0.2, -0.15) is 5.10 Å². The van der Waals surface area contributed by atoms with Crippen LogP contribution in [0.15, 0.2) is 36.8 Å². The molecule has 3 aromatic rings. The maximum absolute atomic E-state index is 13.3. The summed E-state index contributed by atoms with van der Waals surface area (Å²) in [7, 11) is 0. The topological polar surface area (TPSA) is 77.9 Å². The van der Waals surface area contributed by atoms with Crippen LogP contribution in [-0.4, -0.2) is 31.3 Å². The normalized spacial score (nSPS) is 17.1. The predicted octanol–water partition coefficient (Wildman–Crippen LogP) is 3.20. The van der Waals surface area contributed by atoms with Crippen LogP contribution in [0.3, 0.4) is 0 Å². The zero-order valence-corrected chi connectivity index (χ0v) is 15.0. The van der Waals surface area contributed by atoms with Crippen molar-refractivity contribution in [3.05, 3.63) is 59.9 Å². The van der Waals surface area contributed by atoms with E-state index in [1.54, 1.807) is 18.5 Å². The molecule has 1 atom stereocenters. The molecule has 1 aromatic carbocycles. The molecule has 0 amide bonds. The number of ether oxygens (including phenoxy) is 2. The van der Waals surface area contributed by atoms with Gasteiger partial charge in [0, 0.05) is 37.5 Å². The monoisotopic (exact) mass is 371 g/mol. The molecule has 1 aliphatic heterocycles. The van der Waals surface area contributed by atoms with Crippen LogP contribution in [0.2, 0.25) is 0 Å². The van der Waals surface area contributed by atoms with Gasteiger partial charge in [0.2, 0.25) is 0 Å². The summed E-state index contributed by atoms with van der Waals surface area (Å²) in [5, 5.41) is 4.59. The predicted molar refractivity (Wildman–Crippen MR) is 95.6 cm³/mol. The van der Waals surface area contributed by atoms with E-state index >= 15 is 0 Å². The lowest BCUT2D eigenvalue weighted by Crippen LogP contribution is -2.18. The quantitative estimate of drug-likeness (QED) is 0.690. The number of aromatic nitrogens is 5. The minimum atomic E-state index is -0.332. The summed E-state index contributed by atoms with van der Waals surface area (Å²) in [4.78, 5) is 11.8. The highest BCUT2D eigenvalue weighted by Crippen LogP contribution is 2.27. The summed E-state index contributed by atoms with van der Waals surface area (Å²) < 4.78 is 26.7. The van der Waals surface area contributed by atoms with Gasteiger partial charge in [0.25, 0.3) is 0 Å². The van der Waals surface area contributed by atoms with Crippen LogP contribution < -0.4 is 4.74 Å². The number of hydrogen-bond acceptors (Lipinski definition) is 5. The van der Waals surface area contributed by atoms with Crippen molar-refractivity contribution >= 4 is 0 Å². The number of imidazole rings is 1. The summed E-state index contributed by atoms with van der Waals surface area (Å²) >= 11 is 0. The smallest absolute Gasteiger partial charge is 0.188 e. The zero-order chi connectivity index (χ0) is 18.5. The van der Waals surface area contributed by atoms with Crippen LogP contribution in [0.4, 0.5) is 4.39 Å². The van der Waals surface area contributed by atoms with Gasteiger partial charge in [-0.05, 0) is 31.4 Å². The van der Waals surface area contributed by atoms with E-state index < -0.39 is 0 Å². The third kappa shape index (κ3) is 4.51. The molecule has 1 saturated heterocycles. The van der Waals surface area contributed by atoms with Crippen molar-refractivity contribution in [2.45, 2.75) is 44.9 Å². The summed E-state index contributed by atoms with van der Waals surface area (Å²) in [6, 6.07) is 6.06. The first kappa shape index (κ1) is 17.7. The van der Waals surface area contributed by atoms with Crippen molar-refractivity contribution in [3.63, 3.8) is 0 Å². The van der Waals surface area contributed by atoms with E-state index in [2.05, 4.69) is 20.1 Å². The number of halogens is 1. The van der Waals surface area contributed by atoms with Gasteiger partial charge < -0.3 is 14.5 Å². The highest BCUT2D eigenvalue weighted by atomic mass is 19.1. The average molecular weight is 371 g/mol. The number of benzene rings is 1. The van der Waals surface area contributed by atoms with Crippen LogP contribution in [0.25, 0.3) is 0 Å². The molecule has 142 valence electrons. The highest BCUT2D eigenvalue weighted by Gasteiger charge is 2.23. The highest BCUT2D eigenvalue weighted by molar-refractivity contribution is 5.22. The standard InChI is InChI=1S/C19H22FN5O2/c20-14-4-3-5-16(10-14)27-12-18-23-19(17-6-1-2-9-26-17)25(24-18)8-7-15-11-21-13-22-15/h3-5,10-11,13,17H,1-2,6-9,12H2,(H,21,22).